The molecule has 1 saturated heterocycles. The summed E-state index contributed by atoms with van der Waals surface area (Å²) < 4.78 is 11.7. The van der Waals surface area contributed by atoms with Crippen molar-refractivity contribution in [2.75, 3.05) is 26.2 Å². The minimum Gasteiger partial charge on any atom is -0.489 e. The van der Waals surface area contributed by atoms with Gasteiger partial charge in [-0.1, -0.05) is 41.4 Å². The molecule has 0 spiro atoms. The Morgan fingerprint density at radius 2 is 1.85 bits per heavy atom. The second-order valence-corrected chi connectivity index (χ2v) is 7.56. The molecular formula is C20H20Cl3NO3. The summed E-state index contributed by atoms with van der Waals surface area (Å²) in [5, 5.41) is 0.869. The zero-order valence-corrected chi connectivity index (χ0v) is 16.9. The van der Waals surface area contributed by atoms with Crippen LogP contribution in [0.5, 0.6) is 5.75 Å². The average Bonchev–Trinajstić information content (AvgIpc) is 2.67. The van der Waals surface area contributed by atoms with Crippen molar-refractivity contribution in [3.63, 3.8) is 0 Å². The van der Waals surface area contributed by atoms with Crippen molar-refractivity contribution in [2.24, 2.45) is 0 Å². The Labute approximate surface area is 173 Å². The van der Waals surface area contributed by atoms with Gasteiger partial charge in [0, 0.05) is 41.7 Å². The molecule has 27 heavy (non-hydrogen) atoms. The van der Waals surface area contributed by atoms with E-state index in [-0.39, 0.29) is 11.3 Å². The number of halogens is 3. The number of benzene rings is 2. The summed E-state index contributed by atoms with van der Waals surface area (Å²) in [7, 11) is 0. The third-order valence-electron chi connectivity index (χ3n) is 4.47. The molecule has 0 saturated carbocycles. The largest absolute Gasteiger partial charge is 0.489 e. The summed E-state index contributed by atoms with van der Waals surface area (Å²) in [5.41, 5.74) is 1.84. The SMILES string of the molecule is O=C(Cl)CCN1CCOC(c2ccc(OCc3c(Cl)cccc3Cl)cc2)C1. The van der Waals surface area contributed by atoms with Crippen molar-refractivity contribution in [1.29, 1.82) is 0 Å². The standard InChI is InChI=1S/C20H20Cl3NO3/c21-17-2-1-3-18(22)16(17)13-27-15-6-4-14(5-7-15)19-12-24(10-11-26-19)9-8-20(23)25/h1-7,19H,8-13H2. The van der Waals surface area contributed by atoms with Gasteiger partial charge in [0.1, 0.15) is 12.4 Å². The van der Waals surface area contributed by atoms with Crippen LogP contribution in [0.3, 0.4) is 0 Å². The predicted molar refractivity (Wildman–Crippen MR) is 108 cm³/mol. The molecule has 1 aliphatic heterocycles. The van der Waals surface area contributed by atoms with E-state index in [1.807, 2.05) is 24.3 Å². The number of morpholine rings is 1. The first-order valence-corrected chi connectivity index (χ1v) is 9.84. The lowest BCUT2D eigenvalue weighted by molar-refractivity contribution is -0.112. The van der Waals surface area contributed by atoms with Gasteiger partial charge in [0.2, 0.25) is 5.24 Å². The maximum Gasteiger partial charge on any atom is 0.222 e. The number of nitrogens with zero attached hydrogens (tertiary/aromatic N) is 1. The number of rotatable bonds is 7. The van der Waals surface area contributed by atoms with Crippen LogP contribution in [0.4, 0.5) is 0 Å². The molecule has 2 aromatic carbocycles. The fourth-order valence-electron chi connectivity index (χ4n) is 2.96. The first kappa shape index (κ1) is 20.4. The van der Waals surface area contributed by atoms with Crippen LogP contribution in [-0.2, 0) is 16.1 Å². The van der Waals surface area contributed by atoms with Crippen molar-refractivity contribution in [2.45, 2.75) is 19.1 Å². The highest BCUT2D eigenvalue weighted by atomic mass is 35.5. The molecule has 0 N–H and O–H groups in total. The summed E-state index contributed by atoms with van der Waals surface area (Å²) in [6, 6.07) is 13.2. The first-order valence-electron chi connectivity index (χ1n) is 8.71. The Morgan fingerprint density at radius 3 is 2.52 bits per heavy atom. The molecular weight excluding hydrogens is 409 g/mol. The molecule has 0 radical (unpaired) electrons. The van der Waals surface area contributed by atoms with Gasteiger partial charge < -0.3 is 9.47 Å². The van der Waals surface area contributed by atoms with E-state index in [0.29, 0.717) is 36.2 Å². The minimum absolute atomic E-state index is 0.0313. The van der Waals surface area contributed by atoms with E-state index in [4.69, 9.17) is 44.3 Å². The molecule has 1 atom stereocenters. The van der Waals surface area contributed by atoms with Crippen LogP contribution in [0, 0.1) is 0 Å². The molecule has 1 aliphatic rings. The van der Waals surface area contributed by atoms with E-state index in [1.54, 1.807) is 18.2 Å². The van der Waals surface area contributed by atoms with Crippen LogP contribution in [0.2, 0.25) is 10.0 Å². The molecule has 2 aromatic rings. The number of hydrogen-bond donors (Lipinski definition) is 0. The lowest BCUT2D eigenvalue weighted by Crippen LogP contribution is -2.39. The van der Waals surface area contributed by atoms with E-state index < -0.39 is 0 Å². The maximum absolute atomic E-state index is 11.0. The van der Waals surface area contributed by atoms with Gasteiger partial charge in [0.05, 0.1) is 12.7 Å². The second kappa shape index (κ2) is 9.76. The van der Waals surface area contributed by atoms with E-state index in [1.165, 1.54) is 0 Å². The van der Waals surface area contributed by atoms with Gasteiger partial charge in [0.15, 0.2) is 0 Å². The third kappa shape index (κ3) is 5.84. The number of hydrogen-bond acceptors (Lipinski definition) is 4. The summed E-state index contributed by atoms with van der Waals surface area (Å²) >= 11 is 17.8. The molecule has 144 valence electrons. The zero-order valence-electron chi connectivity index (χ0n) is 14.7. The highest BCUT2D eigenvalue weighted by molar-refractivity contribution is 6.63. The normalized spacial score (nSPS) is 17.7. The van der Waals surface area contributed by atoms with Crippen molar-refractivity contribution < 1.29 is 14.3 Å². The molecule has 0 bridgehead atoms. The van der Waals surface area contributed by atoms with Crippen LogP contribution < -0.4 is 4.74 Å². The van der Waals surface area contributed by atoms with Gasteiger partial charge in [-0.2, -0.15) is 0 Å². The van der Waals surface area contributed by atoms with Crippen LogP contribution in [0.15, 0.2) is 42.5 Å². The Bertz CT molecular complexity index is 762. The molecule has 0 aromatic heterocycles. The molecule has 0 amide bonds. The highest BCUT2D eigenvalue weighted by Gasteiger charge is 2.22. The molecule has 7 heteroatoms. The summed E-state index contributed by atoms with van der Waals surface area (Å²) in [5.74, 6) is 0.732. The maximum atomic E-state index is 11.0. The molecule has 1 unspecified atom stereocenters. The van der Waals surface area contributed by atoms with Gasteiger partial charge in [-0.25, -0.2) is 0 Å². The lowest BCUT2D eigenvalue weighted by Gasteiger charge is -2.32. The number of ether oxygens (including phenoxy) is 2. The van der Waals surface area contributed by atoms with Crippen molar-refractivity contribution in [1.82, 2.24) is 4.90 Å². The molecule has 0 aliphatic carbocycles. The molecule has 1 fully saturated rings. The Hall–Kier alpha value is -1.30. The fourth-order valence-corrected chi connectivity index (χ4v) is 3.55. The first-order chi connectivity index (χ1) is 13.0. The zero-order chi connectivity index (χ0) is 19.2. The Balaban J connectivity index is 1.57. The second-order valence-electron chi connectivity index (χ2n) is 6.32. The molecule has 3 rings (SSSR count). The predicted octanol–water partition coefficient (Wildman–Crippen LogP) is 5.10. The fraction of sp³-hybridized carbons (Fsp3) is 0.350. The summed E-state index contributed by atoms with van der Waals surface area (Å²) in [4.78, 5) is 13.2. The van der Waals surface area contributed by atoms with E-state index in [0.717, 1.165) is 30.0 Å². The molecule has 1 heterocycles. The van der Waals surface area contributed by atoms with Crippen LogP contribution in [0.25, 0.3) is 0 Å². The van der Waals surface area contributed by atoms with E-state index in [9.17, 15) is 4.79 Å². The topological polar surface area (TPSA) is 38.8 Å². The van der Waals surface area contributed by atoms with Crippen molar-refractivity contribution in [3.05, 3.63) is 63.6 Å². The van der Waals surface area contributed by atoms with Gasteiger partial charge in [-0.15, -0.1) is 0 Å². The van der Waals surface area contributed by atoms with Crippen LogP contribution >= 0.6 is 34.8 Å². The van der Waals surface area contributed by atoms with Crippen LogP contribution in [0.1, 0.15) is 23.7 Å². The smallest absolute Gasteiger partial charge is 0.222 e. The Kier molecular flexibility index (Phi) is 7.39. The van der Waals surface area contributed by atoms with Crippen molar-refractivity contribution in [3.8, 4) is 5.75 Å². The monoisotopic (exact) mass is 427 g/mol. The quantitative estimate of drug-likeness (QED) is 0.575. The van der Waals surface area contributed by atoms with Gasteiger partial charge >= 0.3 is 0 Å². The average molecular weight is 429 g/mol. The van der Waals surface area contributed by atoms with Gasteiger partial charge in [-0.05, 0) is 41.4 Å². The minimum atomic E-state index is -0.307. The number of carbonyl (C=O) groups is 1. The van der Waals surface area contributed by atoms with E-state index >= 15 is 0 Å². The summed E-state index contributed by atoms with van der Waals surface area (Å²) in [6.07, 6.45) is 0.322. The Morgan fingerprint density at radius 1 is 1.15 bits per heavy atom. The van der Waals surface area contributed by atoms with Gasteiger partial charge in [-0.3, -0.25) is 9.69 Å². The van der Waals surface area contributed by atoms with Crippen LogP contribution in [-0.4, -0.2) is 36.4 Å². The van der Waals surface area contributed by atoms with Gasteiger partial charge in [0.25, 0.3) is 0 Å². The highest BCUT2D eigenvalue weighted by Crippen LogP contribution is 2.27. The summed E-state index contributed by atoms with van der Waals surface area (Å²) in [6.45, 7) is 3.13. The van der Waals surface area contributed by atoms with Crippen molar-refractivity contribution >= 4 is 40.0 Å². The lowest BCUT2D eigenvalue weighted by atomic mass is 10.1. The number of carbonyl (C=O) groups excluding carboxylic acids is 1. The molecule has 4 nitrogen and oxygen atoms in total. The van der Waals surface area contributed by atoms with E-state index in [2.05, 4.69) is 4.90 Å². The third-order valence-corrected chi connectivity index (χ3v) is 5.37.